The highest BCUT2D eigenvalue weighted by Gasteiger charge is 2.57. The Kier molecular flexibility index (Phi) is 4.44. The molecule has 1 heterocycles. The number of benzene rings is 1. The van der Waals surface area contributed by atoms with E-state index >= 15 is 0 Å². The SMILES string of the molecule is CC(C)Oc1cc([N+]2(C(C)(C)C)N=COC2=O)c(Cl)cc1Cl. The quantitative estimate of drug-likeness (QED) is 0.725. The molecule has 0 bridgehead atoms. The summed E-state index contributed by atoms with van der Waals surface area (Å²) in [5, 5.41) is 4.96. The standard InChI is InChI=1S/C15H19Cl2N2O3/c1-9(2)22-13-7-12(10(16)6-11(13)17)19(15(3,4)5)14(20)21-8-18-19/h6-9H,1-5H3/q+1. The van der Waals surface area contributed by atoms with Crippen LogP contribution in [0.1, 0.15) is 34.6 Å². The first-order valence-electron chi connectivity index (χ1n) is 6.90. The van der Waals surface area contributed by atoms with Crippen LogP contribution in [0, 0.1) is 0 Å². The molecule has 7 heteroatoms. The Balaban J connectivity index is 2.68. The molecule has 1 aliphatic rings. The maximum atomic E-state index is 12.4. The molecule has 1 atom stereocenters. The number of nitrogens with zero attached hydrogens (tertiary/aromatic N) is 2. The summed E-state index contributed by atoms with van der Waals surface area (Å²) in [6.07, 6.45) is 0.553. The van der Waals surface area contributed by atoms with Crippen molar-refractivity contribution >= 4 is 41.4 Å². The van der Waals surface area contributed by atoms with Gasteiger partial charge in [0.05, 0.1) is 11.1 Å². The number of carbonyl (C=O) groups is 1. The molecule has 0 radical (unpaired) electrons. The van der Waals surface area contributed by atoms with Crippen molar-refractivity contribution in [3.8, 4) is 5.75 Å². The Morgan fingerprint density at radius 2 is 1.86 bits per heavy atom. The zero-order valence-corrected chi connectivity index (χ0v) is 14.7. The van der Waals surface area contributed by atoms with Crippen LogP contribution in [0.15, 0.2) is 17.2 Å². The van der Waals surface area contributed by atoms with Gasteiger partial charge in [0.25, 0.3) is 0 Å². The van der Waals surface area contributed by atoms with Gasteiger partial charge in [0.15, 0.2) is 5.69 Å². The zero-order valence-electron chi connectivity index (χ0n) is 13.2. The second-order valence-corrected chi connectivity index (χ2v) is 7.13. The summed E-state index contributed by atoms with van der Waals surface area (Å²) in [5.41, 5.74) is -0.135. The Bertz CT molecular complexity index is 638. The van der Waals surface area contributed by atoms with Gasteiger partial charge in [-0.2, -0.15) is 4.79 Å². The van der Waals surface area contributed by atoms with Crippen molar-refractivity contribution in [3.63, 3.8) is 0 Å². The molecule has 1 aliphatic heterocycles. The number of halogens is 2. The number of hydrogen-bond acceptors (Lipinski definition) is 4. The summed E-state index contributed by atoms with van der Waals surface area (Å²) in [6, 6.07) is 3.21. The Hall–Kier alpha value is -1.30. The molecule has 1 amide bonds. The normalized spacial score (nSPS) is 21.4. The summed E-state index contributed by atoms with van der Waals surface area (Å²) in [5.74, 6) is 0.452. The lowest BCUT2D eigenvalue weighted by Gasteiger charge is -2.35. The molecule has 1 unspecified atom stereocenters. The zero-order chi connectivity index (χ0) is 16.7. The monoisotopic (exact) mass is 345 g/mol. The number of rotatable bonds is 3. The lowest BCUT2D eigenvalue weighted by atomic mass is 10.0. The molecule has 1 aromatic carbocycles. The van der Waals surface area contributed by atoms with Gasteiger partial charge in [0.1, 0.15) is 16.3 Å². The van der Waals surface area contributed by atoms with E-state index in [-0.39, 0.29) is 6.10 Å². The lowest BCUT2D eigenvalue weighted by Crippen LogP contribution is -2.59. The van der Waals surface area contributed by atoms with Crippen LogP contribution in [0.5, 0.6) is 5.75 Å². The number of cyclic esters (lactones) is 1. The molecule has 0 N–H and O–H groups in total. The van der Waals surface area contributed by atoms with Gasteiger partial charge in [-0.3, -0.25) is 0 Å². The first kappa shape index (κ1) is 17.1. The fraction of sp³-hybridized carbons (Fsp3) is 0.467. The molecule has 0 spiro atoms. The summed E-state index contributed by atoms with van der Waals surface area (Å²) in [6.45, 7) is 9.42. The topological polar surface area (TPSA) is 47.9 Å². The van der Waals surface area contributed by atoms with Crippen LogP contribution in [-0.2, 0) is 4.74 Å². The summed E-state index contributed by atoms with van der Waals surface area (Å²) >= 11 is 12.5. The molecule has 5 nitrogen and oxygen atoms in total. The van der Waals surface area contributed by atoms with E-state index in [0.717, 1.165) is 6.40 Å². The maximum absolute atomic E-state index is 12.4. The van der Waals surface area contributed by atoms with Crippen molar-refractivity contribution in [2.24, 2.45) is 5.10 Å². The van der Waals surface area contributed by atoms with Crippen molar-refractivity contribution in [1.29, 1.82) is 0 Å². The molecule has 0 saturated carbocycles. The van der Waals surface area contributed by atoms with E-state index < -0.39 is 16.2 Å². The van der Waals surface area contributed by atoms with Gasteiger partial charge >= 0.3 is 6.09 Å². The fourth-order valence-corrected chi connectivity index (χ4v) is 2.89. The molecule has 0 fully saturated rings. The third-order valence-electron chi connectivity index (χ3n) is 3.32. The van der Waals surface area contributed by atoms with Crippen molar-refractivity contribution in [1.82, 2.24) is 4.59 Å². The number of hydrogen-bond donors (Lipinski definition) is 0. The largest absolute Gasteiger partial charge is 0.555 e. The van der Waals surface area contributed by atoms with Crippen LogP contribution in [-0.4, -0.2) is 24.1 Å². The van der Waals surface area contributed by atoms with Crippen molar-refractivity contribution in [2.75, 3.05) is 0 Å². The number of quaternary nitrogens is 1. The second-order valence-electron chi connectivity index (χ2n) is 6.31. The maximum Gasteiger partial charge on any atom is 0.555 e. The number of amides is 1. The smallest absolute Gasteiger partial charge is 0.489 e. The van der Waals surface area contributed by atoms with Gasteiger partial charge in [-0.25, -0.2) is 0 Å². The first-order chi connectivity index (χ1) is 10.1. The predicted molar refractivity (Wildman–Crippen MR) is 88.7 cm³/mol. The summed E-state index contributed by atoms with van der Waals surface area (Å²) in [7, 11) is 0. The minimum atomic E-state index is -0.601. The van der Waals surface area contributed by atoms with E-state index in [9.17, 15) is 4.79 Å². The van der Waals surface area contributed by atoms with E-state index in [2.05, 4.69) is 5.10 Å². The Labute approximate surface area is 140 Å². The average Bonchev–Trinajstić information content (AvgIpc) is 2.74. The minimum Gasteiger partial charge on any atom is -0.489 e. The molecule has 1 aromatic rings. The molecule has 0 aromatic heterocycles. The molecule has 0 aliphatic carbocycles. The van der Waals surface area contributed by atoms with Crippen LogP contribution in [0.2, 0.25) is 10.0 Å². The van der Waals surface area contributed by atoms with Crippen molar-refractivity contribution in [2.45, 2.75) is 46.3 Å². The number of ether oxygens (including phenoxy) is 2. The molecule has 120 valence electrons. The predicted octanol–water partition coefficient (Wildman–Crippen LogP) is 4.98. The average molecular weight is 346 g/mol. The van der Waals surface area contributed by atoms with Crippen LogP contribution in [0.4, 0.5) is 10.5 Å². The van der Waals surface area contributed by atoms with E-state index in [1.807, 2.05) is 34.6 Å². The van der Waals surface area contributed by atoms with Crippen molar-refractivity contribution in [3.05, 3.63) is 22.2 Å². The van der Waals surface area contributed by atoms with Crippen LogP contribution >= 0.6 is 23.2 Å². The fourth-order valence-electron chi connectivity index (χ4n) is 2.34. The highest BCUT2D eigenvalue weighted by molar-refractivity contribution is 6.37. The van der Waals surface area contributed by atoms with E-state index in [1.165, 1.54) is 0 Å². The van der Waals surface area contributed by atoms with Crippen LogP contribution in [0.3, 0.4) is 0 Å². The van der Waals surface area contributed by atoms with E-state index in [4.69, 9.17) is 32.7 Å². The molecule has 22 heavy (non-hydrogen) atoms. The van der Waals surface area contributed by atoms with Crippen molar-refractivity contribution < 1.29 is 14.3 Å². The van der Waals surface area contributed by atoms with Crippen LogP contribution < -0.4 is 9.33 Å². The minimum absolute atomic E-state index is 0.0661. The van der Waals surface area contributed by atoms with Gasteiger partial charge in [-0.05, 0) is 45.8 Å². The van der Waals surface area contributed by atoms with Gasteiger partial charge in [0, 0.05) is 6.07 Å². The Morgan fingerprint density at radius 1 is 1.23 bits per heavy atom. The Morgan fingerprint density at radius 3 is 2.32 bits per heavy atom. The van der Waals surface area contributed by atoms with Gasteiger partial charge < -0.3 is 9.47 Å². The van der Waals surface area contributed by atoms with E-state index in [0.29, 0.717) is 21.5 Å². The highest BCUT2D eigenvalue weighted by atomic mass is 35.5. The third-order valence-corrected chi connectivity index (χ3v) is 3.92. The molecular weight excluding hydrogens is 327 g/mol. The van der Waals surface area contributed by atoms with Gasteiger partial charge in [0.2, 0.25) is 6.40 Å². The summed E-state index contributed by atoms with van der Waals surface area (Å²) < 4.78 is 10.2. The number of carbonyl (C=O) groups excluding carboxylic acids is 1. The van der Waals surface area contributed by atoms with Crippen LogP contribution in [0.25, 0.3) is 0 Å². The third kappa shape index (κ3) is 2.69. The molecular formula is C15H19Cl2N2O3+. The summed E-state index contributed by atoms with van der Waals surface area (Å²) in [4.78, 5) is 12.4. The molecule has 0 saturated heterocycles. The van der Waals surface area contributed by atoms with Gasteiger partial charge in [-0.1, -0.05) is 27.8 Å². The highest BCUT2D eigenvalue weighted by Crippen LogP contribution is 2.45. The first-order valence-corrected chi connectivity index (χ1v) is 7.66. The lowest BCUT2D eigenvalue weighted by molar-refractivity contribution is 0.129. The van der Waals surface area contributed by atoms with E-state index in [1.54, 1.807) is 12.1 Å². The van der Waals surface area contributed by atoms with Gasteiger partial charge in [-0.15, -0.1) is 0 Å². The second kappa shape index (κ2) is 5.72. The molecule has 2 rings (SSSR count).